The fraction of sp³-hybridized carbons (Fsp3) is 0.450. The molecule has 0 unspecified atom stereocenters. The summed E-state index contributed by atoms with van der Waals surface area (Å²) in [5.74, 6) is 0.265. The van der Waals surface area contributed by atoms with Crippen molar-refractivity contribution in [1.82, 2.24) is 15.1 Å². The minimum atomic E-state index is -0.106. The van der Waals surface area contributed by atoms with Gasteiger partial charge in [-0.1, -0.05) is 12.1 Å². The summed E-state index contributed by atoms with van der Waals surface area (Å²) in [4.78, 5) is 12.9. The number of amides is 1. The lowest BCUT2D eigenvalue weighted by Crippen LogP contribution is -2.30. The zero-order chi connectivity index (χ0) is 18.7. The fourth-order valence-electron chi connectivity index (χ4n) is 3.07. The minimum absolute atomic E-state index is 0.0720. The van der Waals surface area contributed by atoms with Gasteiger partial charge in [0.15, 0.2) is 0 Å². The van der Waals surface area contributed by atoms with Crippen LogP contribution in [0.4, 0.5) is 0 Å². The van der Waals surface area contributed by atoms with Crippen molar-refractivity contribution < 1.29 is 9.53 Å². The van der Waals surface area contributed by atoms with Crippen LogP contribution in [0.15, 0.2) is 24.3 Å². The first-order valence-corrected chi connectivity index (χ1v) is 8.96. The number of carbonyl (C=O) groups is 1. The summed E-state index contributed by atoms with van der Waals surface area (Å²) in [5.41, 5.74) is 4.08. The maximum Gasteiger partial charge on any atom is 0.269 e. The summed E-state index contributed by atoms with van der Waals surface area (Å²) >= 11 is 0. The molecule has 0 saturated heterocycles. The molecule has 2 aromatic rings. The molecule has 1 aromatic heterocycles. The second kappa shape index (κ2) is 7.71. The van der Waals surface area contributed by atoms with Crippen LogP contribution in [-0.4, -0.2) is 35.9 Å². The molecule has 136 valence electrons. The first-order chi connectivity index (χ1) is 12.6. The van der Waals surface area contributed by atoms with Crippen molar-refractivity contribution in [3.63, 3.8) is 0 Å². The van der Waals surface area contributed by atoms with Gasteiger partial charge in [-0.25, -0.2) is 0 Å². The van der Waals surface area contributed by atoms with E-state index >= 15 is 0 Å². The van der Waals surface area contributed by atoms with Crippen molar-refractivity contribution >= 4 is 5.91 Å². The average Bonchev–Trinajstić information content (AvgIpc) is 3.40. The Labute approximate surface area is 153 Å². The molecule has 1 N–H and O–H groups in total. The molecule has 1 amide bonds. The zero-order valence-corrected chi connectivity index (χ0v) is 15.5. The highest BCUT2D eigenvalue weighted by Gasteiger charge is 2.35. The topological polar surface area (TPSA) is 79.9 Å². The summed E-state index contributed by atoms with van der Waals surface area (Å²) < 4.78 is 6.85. The molecule has 0 spiro atoms. The standard InChI is InChI=1S/C20H24N4O2/c1-13(2)24-19(20(25)22-10-11-26-3)17(15-8-9-15)18(23-24)16-6-4-14(12-21)5-7-16/h4-7,13,15H,8-11H2,1-3H3,(H,22,25). The minimum Gasteiger partial charge on any atom is -0.383 e. The van der Waals surface area contributed by atoms with E-state index in [9.17, 15) is 4.79 Å². The van der Waals surface area contributed by atoms with Crippen LogP contribution < -0.4 is 5.32 Å². The van der Waals surface area contributed by atoms with E-state index in [2.05, 4.69) is 11.4 Å². The second-order valence-corrected chi connectivity index (χ2v) is 6.86. The summed E-state index contributed by atoms with van der Waals surface area (Å²) in [7, 11) is 1.61. The number of nitrogens with one attached hydrogen (secondary N) is 1. The molecular weight excluding hydrogens is 328 g/mol. The molecule has 1 aliphatic rings. The Kier molecular flexibility index (Phi) is 5.38. The van der Waals surface area contributed by atoms with E-state index in [0.717, 1.165) is 29.7 Å². The van der Waals surface area contributed by atoms with E-state index in [1.165, 1.54) is 0 Å². The molecule has 0 bridgehead atoms. The predicted octanol–water partition coefficient (Wildman–Crippen LogP) is 3.26. The smallest absolute Gasteiger partial charge is 0.269 e. The Morgan fingerprint density at radius 2 is 2.08 bits per heavy atom. The van der Waals surface area contributed by atoms with Crippen LogP contribution in [0.1, 0.15) is 60.3 Å². The lowest BCUT2D eigenvalue weighted by molar-refractivity contribution is 0.0923. The van der Waals surface area contributed by atoms with Crippen molar-refractivity contribution in [3.05, 3.63) is 41.1 Å². The maximum atomic E-state index is 12.9. The molecular formula is C20H24N4O2. The van der Waals surface area contributed by atoms with E-state index < -0.39 is 0 Å². The molecule has 0 aliphatic heterocycles. The lowest BCUT2D eigenvalue weighted by Gasteiger charge is -2.12. The number of nitriles is 1. The van der Waals surface area contributed by atoms with E-state index in [-0.39, 0.29) is 11.9 Å². The summed E-state index contributed by atoms with van der Waals surface area (Å²) in [6.07, 6.45) is 2.15. The number of aromatic nitrogens is 2. The van der Waals surface area contributed by atoms with Crippen molar-refractivity contribution in [3.8, 4) is 17.3 Å². The molecule has 1 aliphatic carbocycles. The van der Waals surface area contributed by atoms with Gasteiger partial charge in [0.05, 0.1) is 23.9 Å². The van der Waals surface area contributed by atoms with Crippen LogP contribution in [0.3, 0.4) is 0 Å². The highest BCUT2D eigenvalue weighted by atomic mass is 16.5. The van der Waals surface area contributed by atoms with Crippen LogP contribution in [0, 0.1) is 11.3 Å². The Hall–Kier alpha value is -2.65. The molecule has 1 aromatic carbocycles. The summed E-state index contributed by atoms with van der Waals surface area (Å²) in [6, 6.07) is 9.60. The molecule has 1 saturated carbocycles. The number of methoxy groups -OCH3 is 1. The van der Waals surface area contributed by atoms with Gasteiger partial charge in [0, 0.05) is 30.8 Å². The van der Waals surface area contributed by atoms with Gasteiger partial charge in [0.25, 0.3) is 5.91 Å². The summed E-state index contributed by atoms with van der Waals surface area (Å²) in [6.45, 7) is 4.99. The number of nitrogens with zero attached hydrogens (tertiary/aromatic N) is 3. The maximum absolute atomic E-state index is 12.9. The Morgan fingerprint density at radius 1 is 1.38 bits per heavy atom. The van der Waals surface area contributed by atoms with Gasteiger partial charge in [-0.2, -0.15) is 10.4 Å². The van der Waals surface area contributed by atoms with Gasteiger partial charge in [0.2, 0.25) is 0 Å². The molecule has 1 fully saturated rings. The van der Waals surface area contributed by atoms with Crippen molar-refractivity contribution in [2.45, 2.75) is 38.6 Å². The first kappa shape index (κ1) is 18.2. The van der Waals surface area contributed by atoms with Crippen molar-refractivity contribution in [2.24, 2.45) is 0 Å². The second-order valence-electron chi connectivity index (χ2n) is 6.86. The normalized spacial score (nSPS) is 13.7. The molecule has 3 rings (SSSR count). The van der Waals surface area contributed by atoms with E-state index in [4.69, 9.17) is 15.1 Å². The Morgan fingerprint density at radius 3 is 2.62 bits per heavy atom. The lowest BCUT2D eigenvalue weighted by atomic mass is 10.0. The van der Waals surface area contributed by atoms with Crippen LogP contribution in [0.25, 0.3) is 11.3 Å². The van der Waals surface area contributed by atoms with Crippen LogP contribution in [0.5, 0.6) is 0 Å². The number of ether oxygens (including phenoxy) is 1. The first-order valence-electron chi connectivity index (χ1n) is 8.96. The Balaban J connectivity index is 2.06. The molecule has 26 heavy (non-hydrogen) atoms. The van der Waals surface area contributed by atoms with Gasteiger partial charge < -0.3 is 10.1 Å². The largest absolute Gasteiger partial charge is 0.383 e. The predicted molar refractivity (Wildman–Crippen MR) is 98.9 cm³/mol. The van der Waals surface area contributed by atoms with Crippen molar-refractivity contribution in [1.29, 1.82) is 5.26 Å². The van der Waals surface area contributed by atoms with Crippen LogP contribution in [-0.2, 0) is 4.74 Å². The van der Waals surface area contributed by atoms with Gasteiger partial charge in [-0.15, -0.1) is 0 Å². The molecule has 6 heteroatoms. The number of hydrogen-bond acceptors (Lipinski definition) is 4. The SMILES string of the molecule is COCCNC(=O)c1c(C2CC2)c(-c2ccc(C#N)cc2)nn1C(C)C. The number of rotatable bonds is 7. The highest BCUT2D eigenvalue weighted by molar-refractivity contribution is 5.96. The summed E-state index contributed by atoms with van der Waals surface area (Å²) in [5, 5.41) is 16.7. The van der Waals surface area contributed by atoms with Gasteiger partial charge in [-0.05, 0) is 44.7 Å². The highest BCUT2D eigenvalue weighted by Crippen LogP contribution is 2.46. The van der Waals surface area contributed by atoms with Crippen LogP contribution >= 0.6 is 0 Å². The van der Waals surface area contributed by atoms with Gasteiger partial charge in [0.1, 0.15) is 5.69 Å². The van der Waals surface area contributed by atoms with Crippen LogP contribution in [0.2, 0.25) is 0 Å². The monoisotopic (exact) mass is 352 g/mol. The molecule has 1 heterocycles. The molecule has 0 radical (unpaired) electrons. The number of hydrogen-bond donors (Lipinski definition) is 1. The molecule has 0 atom stereocenters. The average molecular weight is 352 g/mol. The van der Waals surface area contributed by atoms with E-state index in [1.807, 2.05) is 30.7 Å². The van der Waals surface area contributed by atoms with Gasteiger partial charge in [-0.3, -0.25) is 9.48 Å². The van der Waals surface area contributed by atoms with E-state index in [1.54, 1.807) is 19.2 Å². The fourth-order valence-corrected chi connectivity index (χ4v) is 3.07. The van der Waals surface area contributed by atoms with Crippen molar-refractivity contribution in [2.75, 3.05) is 20.3 Å². The molecule has 6 nitrogen and oxygen atoms in total. The number of carbonyl (C=O) groups excluding carboxylic acids is 1. The van der Waals surface area contributed by atoms with E-state index in [0.29, 0.717) is 30.3 Å². The third kappa shape index (κ3) is 3.63. The number of benzene rings is 1. The quantitative estimate of drug-likeness (QED) is 0.776. The van der Waals surface area contributed by atoms with Gasteiger partial charge >= 0.3 is 0 Å². The third-order valence-corrected chi connectivity index (χ3v) is 4.52. The third-order valence-electron chi connectivity index (χ3n) is 4.52. The zero-order valence-electron chi connectivity index (χ0n) is 15.5. The Bertz CT molecular complexity index is 827.